The highest BCUT2D eigenvalue weighted by Gasteiger charge is 2.28. The zero-order chi connectivity index (χ0) is 16.8. The molecule has 0 bridgehead atoms. The van der Waals surface area contributed by atoms with Crippen LogP contribution < -0.4 is 5.32 Å². The van der Waals surface area contributed by atoms with Gasteiger partial charge in [-0.05, 0) is 19.2 Å². The van der Waals surface area contributed by atoms with E-state index < -0.39 is 12.7 Å². The molecule has 5 nitrogen and oxygen atoms in total. The summed E-state index contributed by atoms with van der Waals surface area (Å²) in [5.41, 5.74) is 1.12. The van der Waals surface area contributed by atoms with E-state index in [4.69, 9.17) is 0 Å². The molecule has 9 heteroatoms. The van der Waals surface area contributed by atoms with Crippen molar-refractivity contribution in [3.05, 3.63) is 24.0 Å². The number of guanidine groups is 1. The first-order valence-electron chi connectivity index (χ1n) is 7.00. The minimum atomic E-state index is -4.17. The van der Waals surface area contributed by atoms with Gasteiger partial charge in [0.25, 0.3) is 0 Å². The van der Waals surface area contributed by atoms with Gasteiger partial charge in [0.1, 0.15) is 0 Å². The second-order valence-electron chi connectivity index (χ2n) is 5.29. The summed E-state index contributed by atoms with van der Waals surface area (Å²) < 4.78 is 38.7. The lowest BCUT2D eigenvalue weighted by atomic mass is 10.4. The fourth-order valence-corrected chi connectivity index (χ4v) is 2.11. The van der Waals surface area contributed by atoms with E-state index in [2.05, 4.69) is 10.3 Å². The van der Waals surface area contributed by atoms with Gasteiger partial charge in [0.05, 0.1) is 13.1 Å². The summed E-state index contributed by atoms with van der Waals surface area (Å²) in [4.78, 5) is 7.31. The summed E-state index contributed by atoms with van der Waals surface area (Å²) >= 11 is 0. The number of aryl methyl sites for hydroxylation is 1. The highest BCUT2D eigenvalue weighted by molar-refractivity contribution is 14.0. The number of hydrogen-bond acceptors (Lipinski definition) is 2. The molecule has 0 radical (unpaired) electrons. The molecule has 0 fully saturated rings. The van der Waals surface area contributed by atoms with E-state index in [1.54, 1.807) is 7.05 Å². The van der Waals surface area contributed by atoms with Crippen LogP contribution in [0.4, 0.5) is 13.2 Å². The molecule has 1 aromatic heterocycles. The van der Waals surface area contributed by atoms with Gasteiger partial charge in [0.15, 0.2) is 5.96 Å². The Balaban J connectivity index is 0.00000484. The zero-order valence-electron chi connectivity index (χ0n) is 13.9. The van der Waals surface area contributed by atoms with Crippen LogP contribution in [0.2, 0.25) is 0 Å². The molecular formula is C14H25F3IN5. The Morgan fingerprint density at radius 1 is 1.35 bits per heavy atom. The molecule has 1 aromatic rings. The molecule has 1 heterocycles. The van der Waals surface area contributed by atoms with Gasteiger partial charge >= 0.3 is 6.18 Å². The van der Waals surface area contributed by atoms with Gasteiger partial charge < -0.3 is 14.8 Å². The monoisotopic (exact) mass is 447 g/mol. The second kappa shape index (κ2) is 10.0. The third-order valence-corrected chi connectivity index (χ3v) is 3.25. The number of alkyl halides is 3. The number of rotatable bonds is 6. The molecule has 0 saturated heterocycles. The van der Waals surface area contributed by atoms with Crippen LogP contribution in [0.15, 0.2) is 23.3 Å². The first-order chi connectivity index (χ1) is 10.2. The van der Waals surface area contributed by atoms with Gasteiger partial charge in [-0.25, -0.2) is 0 Å². The van der Waals surface area contributed by atoms with Crippen molar-refractivity contribution >= 4 is 29.9 Å². The Bertz CT molecular complexity index is 487. The summed E-state index contributed by atoms with van der Waals surface area (Å²) in [6, 6.07) is 3.98. The van der Waals surface area contributed by atoms with Gasteiger partial charge in [-0.3, -0.25) is 9.89 Å². The summed E-state index contributed by atoms with van der Waals surface area (Å²) in [6.45, 7) is 0.446. The molecule has 23 heavy (non-hydrogen) atoms. The predicted octanol–water partition coefficient (Wildman–Crippen LogP) is 2.14. The molecule has 1 rings (SSSR count). The van der Waals surface area contributed by atoms with Crippen molar-refractivity contribution in [3.8, 4) is 0 Å². The van der Waals surface area contributed by atoms with Crippen molar-refractivity contribution in [2.24, 2.45) is 12.0 Å². The number of aromatic nitrogens is 1. The molecule has 0 aliphatic carbocycles. The molecule has 0 aliphatic heterocycles. The fraction of sp³-hybridized carbons (Fsp3) is 0.643. The summed E-state index contributed by atoms with van der Waals surface area (Å²) in [6.07, 6.45) is -2.20. The number of halogens is 4. The van der Waals surface area contributed by atoms with Gasteiger partial charge in [0.2, 0.25) is 0 Å². The Morgan fingerprint density at radius 3 is 2.48 bits per heavy atom. The number of hydrogen-bond donors (Lipinski definition) is 1. The lowest BCUT2D eigenvalue weighted by molar-refractivity contribution is -0.142. The minimum absolute atomic E-state index is 0. The van der Waals surface area contributed by atoms with E-state index >= 15 is 0 Å². The Morgan fingerprint density at radius 2 is 2.00 bits per heavy atom. The highest BCUT2D eigenvalue weighted by atomic mass is 127. The molecule has 0 aliphatic rings. The Kier molecular flexibility index (Phi) is 9.59. The molecule has 1 N–H and O–H groups in total. The largest absolute Gasteiger partial charge is 0.401 e. The Labute approximate surface area is 152 Å². The van der Waals surface area contributed by atoms with E-state index in [0.29, 0.717) is 19.0 Å². The molecule has 0 amide bonds. The van der Waals surface area contributed by atoms with Crippen molar-refractivity contribution in [1.29, 1.82) is 0 Å². The number of likely N-dealkylation sites (N-methyl/N-ethyl adjacent to an activating group) is 1. The van der Waals surface area contributed by atoms with Crippen LogP contribution in [0.3, 0.4) is 0 Å². The maximum atomic E-state index is 12.2. The smallest absolute Gasteiger partial charge is 0.355 e. The van der Waals surface area contributed by atoms with Gasteiger partial charge in [-0.1, -0.05) is 0 Å². The molecule has 134 valence electrons. The summed E-state index contributed by atoms with van der Waals surface area (Å²) in [5, 5.41) is 3.08. The minimum Gasteiger partial charge on any atom is -0.355 e. The van der Waals surface area contributed by atoms with E-state index in [1.807, 2.05) is 41.9 Å². The first-order valence-corrected chi connectivity index (χ1v) is 7.00. The Hall–Kier alpha value is -0.970. The van der Waals surface area contributed by atoms with Crippen LogP contribution in [0.5, 0.6) is 0 Å². The molecular weight excluding hydrogens is 422 g/mol. The van der Waals surface area contributed by atoms with Gasteiger partial charge in [-0.15, -0.1) is 24.0 Å². The average molecular weight is 447 g/mol. The van der Waals surface area contributed by atoms with E-state index in [9.17, 15) is 13.2 Å². The lowest BCUT2D eigenvalue weighted by Crippen LogP contribution is -2.43. The van der Waals surface area contributed by atoms with Crippen LogP contribution in [0, 0.1) is 0 Å². The first kappa shape index (κ1) is 22.0. The molecule has 0 aromatic carbocycles. The lowest BCUT2D eigenvalue weighted by Gasteiger charge is -2.24. The third kappa shape index (κ3) is 8.45. The van der Waals surface area contributed by atoms with Crippen molar-refractivity contribution < 1.29 is 13.2 Å². The highest BCUT2D eigenvalue weighted by Crippen LogP contribution is 2.15. The third-order valence-electron chi connectivity index (χ3n) is 3.25. The van der Waals surface area contributed by atoms with E-state index in [0.717, 1.165) is 5.69 Å². The van der Waals surface area contributed by atoms with Crippen LogP contribution in [-0.4, -0.2) is 67.3 Å². The van der Waals surface area contributed by atoms with Crippen molar-refractivity contribution in [2.75, 3.05) is 40.8 Å². The van der Waals surface area contributed by atoms with E-state index in [-0.39, 0.29) is 30.5 Å². The number of nitrogens with one attached hydrogen (secondary N) is 1. The van der Waals surface area contributed by atoms with Crippen molar-refractivity contribution in [3.63, 3.8) is 0 Å². The SMILES string of the molecule is CN=C(NCCN(C)CC(F)(F)F)N(C)Cc1cccn1C.I. The van der Waals surface area contributed by atoms with E-state index in [1.165, 1.54) is 11.9 Å². The predicted molar refractivity (Wildman–Crippen MR) is 97.2 cm³/mol. The van der Waals surface area contributed by atoms with Crippen LogP contribution in [0.25, 0.3) is 0 Å². The zero-order valence-corrected chi connectivity index (χ0v) is 16.2. The topological polar surface area (TPSA) is 35.8 Å². The van der Waals surface area contributed by atoms with Crippen LogP contribution in [0.1, 0.15) is 5.69 Å². The molecule has 0 unspecified atom stereocenters. The van der Waals surface area contributed by atoms with Crippen molar-refractivity contribution in [1.82, 2.24) is 19.7 Å². The standard InChI is InChI=1S/C14H24F3N5.HI/c1-18-13(19-7-9-20(2)11-14(15,16)17)22(4)10-12-6-5-8-21(12)3;/h5-6,8H,7,9-11H2,1-4H3,(H,18,19);1H. The fourth-order valence-electron chi connectivity index (χ4n) is 2.11. The quantitative estimate of drug-likeness (QED) is 0.413. The maximum absolute atomic E-state index is 12.2. The number of nitrogens with zero attached hydrogens (tertiary/aromatic N) is 4. The molecule has 0 atom stereocenters. The summed E-state index contributed by atoms with van der Waals surface area (Å²) in [5.74, 6) is 0.654. The molecule has 0 saturated carbocycles. The van der Waals surface area contributed by atoms with Gasteiger partial charge in [0, 0.05) is 46.1 Å². The van der Waals surface area contributed by atoms with Crippen molar-refractivity contribution in [2.45, 2.75) is 12.7 Å². The molecule has 0 spiro atoms. The summed E-state index contributed by atoms with van der Waals surface area (Å²) in [7, 11) is 6.96. The van der Waals surface area contributed by atoms with Crippen LogP contribution >= 0.6 is 24.0 Å². The number of aliphatic imine (C=N–C) groups is 1. The normalized spacial score (nSPS) is 12.3. The van der Waals surface area contributed by atoms with Gasteiger partial charge in [-0.2, -0.15) is 13.2 Å². The maximum Gasteiger partial charge on any atom is 0.401 e. The van der Waals surface area contributed by atoms with Crippen LogP contribution in [-0.2, 0) is 13.6 Å². The average Bonchev–Trinajstić information content (AvgIpc) is 2.78. The second-order valence-corrected chi connectivity index (χ2v) is 5.29.